The molecule has 0 aromatic heterocycles. The van der Waals surface area contributed by atoms with Gasteiger partial charge in [-0.25, -0.2) is 0 Å². The van der Waals surface area contributed by atoms with Crippen LogP contribution in [0, 0.1) is 22.7 Å². The minimum absolute atomic E-state index is 0.0426. The minimum atomic E-state index is -0.306. The normalized spacial score (nSPS) is 16.8. The summed E-state index contributed by atoms with van der Waals surface area (Å²) in [6, 6.07) is 45.6. The van der Waals surface area contributed by atoms with Gasteiger partial charge in [0.1, 0.15) is 0 Å². The highest BCUT2D eigenvalue weighted by Gasteiger charge is 2.43. The van der Waals surface area contributed by atoms with Gasteiger partial charge in [0.25, 0.3) is 0 Å². The molecule has 294 valence electrons. The molecule has 0 radical (unpaired) electrons. The van der Waals surface area contributed by atoms with Gasteiger partial charge in [0.2, 0.25) is 0 Å². The Labute approximate surface area is 362 Å². The molecule has 5 nitrogen and oxygen atoms in total. The number of allylic oxidation sites excluding steroid dienone is 6. The maximum Gasteiger partial charge on any atom is 0.194 e. The fraction of sp³-hybridized carbons (Fsp3) is 0.140. The van der Waals surface area contributed by atoms with Crippen LogP contribution >= 0.6 is 0 Å². The Balaban J connectivity index is 1.21. The van der Waals surface area contributed by atoms with Crippen molar-refractivity contribution in [1.29, 1.82) is 10.5 Å². The minimum Gasteiger partial charge on any atom is -0.310 e. The molecule has 2 heterocycles. The van der Waals surface area contributed by atoms with Gasteiger partial charge in [-0.2, -0.15) is 10.5 Å². The molecule has 5 heteroatoms. The third-order valence-electron chi connectivity index (χ3n) is 13.6. The molecule has 0 spiro atoms. The van der Waals surface area contributed by atoms with Crippen LogP contribution in [-0.2, 0) is 10.8 Å². The summed E-state index contributed by atoms with van der Waals surface area (Å²) in [5, 5.41) is 19.5. The van der Waals surface area contributed by atoms with Crippen LogP contribution in [-0.4, -0.2) is 5.78 Å². The number of carbonyl (C=O) groups is 1. The Morgan fingerprint density at radius 1 is 0.532 bits per heavy atom. The fourth-order valence-electron chi connectivity index (χ4n) is 10.4. The molecule has 5 aliphatic rings. The summed E-state index contributed by atoms with van der Waals surface area (Å²) in [6.45, 7) is 9.14. The molecule has 0 amide bonds. The number of hydrogen-bond donors (Lipinski definition) is 0. The van der Waals surface area contributed by atoms with Gasteiger partial charge in [-0.15, -0.1) is 0 Å². The smallest absolute Gasteiger partial charge is 0.194 e. The van der Waals surface area contributed by atoms with Crippen molar-refractivity contribution in [2.75, 3.05) is 9.80 Å². The topological polar surface area (TPSA) is 71.1 Å². The van der Waals surface area contributed by atoms with Crippen molar-refractivity contribution in [2.24, 2.45) is 0 Å². The zero-order valence-electron chi connectivity index (χ0n) is 35.0. The molecule has 11 rings (SSSR count). The van der Waals surface area contributed by atoms with Crippen molar-refractivity contribution in [2.45, 2.75) is 51.4 Å². The number of hydrogen-bond acceptors (Lipinski definition) is 5. The number of ketones is 1. The number of carbonyl (C=O) groups excluding carboxylic acids is 1. The molecular weight excluding hydrogens is 757 g/mol. The fourth-order valence-corrected chi connectivity index (χ4v) is 10.4. The predicted octanol–water partition coefficient (Wildman–Crippen LogP) is 13.6. The van der Waals surface area contributed by atoms with E-state index in [1.54, 1.807) is 0 Å². The zero-order chi connectivity index (χ0) is 42.5. The van der Waals surface area contributed by atoms with Gasteiger partial charge >= 0.3 is 0 Å². The van der Waals surface area contributed by atoms with E-state index in [9.17, 15) is 10.5 Å². The van der Waals surface area contributed by atoms with Crippen molar-refractivity contribution >= 4 is 28.5 Å². The molecule has 2 aliphatic heterocycles. The number of fused-ring (bicyclic) bond motifs is 6. The maximum absolute atomic E-state index is 15.1. The van der Waals surface area contributed by atoms with Gasteiger partial charge in [-0.05, 0) is 124 Å². The SMILES string of the molecule is CC1(C)C2=CCCC=C2N(c2cc3c(cc2-c2ccc(C#N)cc2)C(=O)c2cc(-c4ccc(C#N)cc4)c(N4C5=C(C=C=C=C5)C(C)(C)c5ccccc54)cc2-3)c2ccccc21. The van der Waals surface area contributed by atoms with E-state index in [4.69, 9.17) is 0 Å². The first-order chi connectivity index (χ1) is 30.1. The highest BCUT2D eigenvalue weighted by Crippen LogP contribution is 2.57. The average molecular weight is 797 g/mol. The van der Waals surface area contributed by atoms with Gasteiger partial charge in [-0.3, -0.25) is 4.79 Å². The summed E-state index contributed by atoms with van der Waals surface area (Å²) >= 11 is 0. The van der Waals surface area contributed by atoms with E-state index >= 15 is 4.79 Å². The number of nitrogens with zero attached hydrogens (tertiary/aromatic N) is 4. The average Bonchev–Trinajstić information content (AvgIpc) is 3.57. The van der Waals surface area contributed by atoms with E-state index in [2.05, 4.69) is 146 Å². The van der Waals surface area contributed by atoms with E-state index in [-0.39, 0.29) is 16.6 Å². The quantitative estimate of drug-likeness (QED) is 0.166. The molecule has 62 heavy (non-hydrogen) atoms. The number of anilines is 4. The van der Waals surface area contributed by atoms with Crippen molar-refractivity contribution in [3.63, 3.8) is 0 Å². The van der Waals surface area contributed by atoms with Gasteiger partial charge in [-0.1, -0.05) is 112 Å². The summed E-state index contributed by atoms with van der Waals surface area (Å²) in [5.41, 5.74) is 24.8. The molecule has 0 fully saturated rings. The summed E-state index contributed by atoms with van der Waals surface area (Å²) in [6.07, 6.45) is 10.7. The van der Waals surface area contributed by atoms with Crippen molar-refractivity contribution < 1.29 is 4.79 Å². The molecule has 0 atom stereocenters. The van der Waals surface area contributed by atoms with E-state index < -0.39 is 0 Å². The van der Waals surface area contributed by atoms with E-state index in [1.807, 2.05) is 60.7 Å². The molecule has 0 saturated carbocycles. The van der Waals surface area contributed by atoms with Crippen LogP contribution in [0.15, 0.2) is 180 Å². The van der Waals surface area contributed by atoms with E-state index in [1.165, 1.54) is 16.7 Å². The van der Waals surface area contributed by atoms with Gasteiger partial charge in [0.15, 0.2) is 5.78 Å². The Kier molecular flexibility index (Phi) is 8.11. The largest absolute Gasteiger partial charge is 0.310 e. The monoisotopic (exact) mass is 796 g/mol. The Hall–Kier alpha value is -7.91. The lowest BCUT2D eigenvalue weighted by Gasteiger charge is -2.46. The number of rotatable bonds is 4. The molecule has 6 aromatic carbocycles. The molecule has 3 aliphatic carbocycles. The lowest BCUT2D eigenvalue weighted by Crippen LogP contribution is -2.36. The van der Waals surface area contributed by atoms with Crippen molar-refractivity contribution in [3.05, 3.63) is 213 Å². The molecule has 6 aromatic rings. The van der Waals surface area contributed by atoms with Crippen LogP contribution in [0.5, 0.6) is 0 Å². The summed E-state index contributed by atoms with van der Waals surface area (Å²) in [5.74, 6) is -0.0426. The molecular formula is C57H40N4O. The van der Waals surface area contributed by atoms with Crippen LogP contribution in [0.25, 0.3) is 33.4 Å². The van der Waals surface area contributed by atoms with E-state index in [0.717, 1.165) is 85.9 Å². The second-order valence-corrected chi connectivity index (χ2v) is 17.7. The Bertz CT molecular complexity index is 3290. The predicted molar refractivity (Wildman–Crippen MR) is 247 cm³/mol. The number of nitriles is 2. The van der Waals surface area contributed by atoms with Gasteiger partial charge in [0, 0.05) is 44.9 Å². The van der Waals surface area contributed by atoms with E-state index in [0.29, 0.717) is 22.3 Å². The number of para-hydroxylation sites is 2. The van der Waals surface area contributed by atoms with Gasteiger partial charge in [0.05, 0.1) is 51.7 Å². The molecule has 0 saturated heterocycles. The van der Waals surface area contributed by atoms with Crippen LogP contribution in [0.1, 0.15) is 78.7 Å². The lowest BCUT2D eigenvalue weighted by molar-refractivity contribution is 0.104. The zero-order valence-corrected chi connectivity index (χ0v) is 35.0. The van der Waals surface area contributed by atoms with Crippen LogP contribution in [0.4, 0.5) is 22.7 Å². The molecule has 0 unspecified atom stereocenters. The van der Waals surface area contributed by atoms with Gasteiger partial charge < -0.3 is 9.80 Å². The second kappa shape index (κ2) is 13.6. The first-order valence-corrected chi connectivity index (χ1v) is 21.1. The van der Waals surface area contributed by atoms with Crippen LogP contribution in [0.3, 0.4) is 0 Å². The lowest BCUT2D eigenvalue weighted by atomic mass is 9.70. The first-order valence-electron chi connectivity index (χ1n) is 21.1. The third-order valence-corrected chi connectivity index (χ3v) is 13.6. The summed E-state index contributed by atoms with van der Waals surface area (Å²) in [7, 11) is 0. The maximum atomic E-state index is 15.1. The highest BCUT2D eigenvalue weighted by atomic mass is 16.1. The number of benzene rings is 6. The summed E-state index contributed by atoms with van der Waals surface area (Å²) in [4.78, 5) is 19.8. The molecule has 0 bridgehead atoms. The van der Waals surface area contributed by atoms with Crippen molar-refractivity contribution in [3.8, 4) is 45.5 Å². The van der Waals surface area contributed by atoms with Crippen LogP contribution < -0.4 is 9.80 Å². The molecule has 0 N–H and O–H groups in total. The van der Waals surface area contributed by atoms with Crippen molar-refractivity contribution in [1.82, 2.24) is 0 Å². The second-order valence-electron chi connectivity index (χ2n) is 17.7. The summed E-state index contributed by atoms with van der Waals surface area (Å²) < 4.78 is 0. The highest BCUT2D eigenvalue weighted by molar-refractivity contribution is 6.24. The first kappa shape index (κ1) is 37.1. The third kappa shape index (κ3) is 5.31. The standard InChI is InChI=1S/C57H40N4O/c1-56(2)45-13-5-9-17-49(45)60(50-18-10-6-14-46(50)56)53-31-41-42-32-54(61-51-19-11-7-15-47(51)57(3,4)48-16-8-12-20-52(48)61)40(38-27-23-36(34-59)24-28-38)30-44(42)55(62)43(41)29-39(53)37-25-21-35(33-58)22-26-37/h5,7,9,11,13-32H,6,10H2,1-4H3. The van der Waals surface area contributed by atoms with Crippen LogP contribution in [0.2, 0.25) is 0 Å². The Morgan fingerprint density at radius 3 is 1.61 bits per heavy atom. The Morgan fingerprint density at radius 2 is 1.03 bits per heavy atom.